The maximum atomic E-state index is 11.9. The zero-order chi connectivity index (χ0) is 14.4. The van der Waals surface area contributed by atoms with Crippen molar-refractivity contribution in [3.05, 3.63) is 40.3 Å². The van der Waals surface area contributed by atoms with Crippen molar-refractivity contribution < 1.29 is 8.42 Å². The summed E-state index contributed by atoms with van der Waals surface area (Å²) >= 11 is 5.78. The van der Waals surface area contributed by atoms with Gasteiger partial charge >= 0.3 is 0 Å². The molecule has 0 radical (unpaired) electrons. The zero-order valence-corrected chi connectivity index (χ0v) is 13.0. The molecule has 1 saturated carbocycles. The van der Waals surface area contributed by atoms with Gasteiger partial charge in [-0.1, -0.05) is 43.0 Å². The number of hydrogen-bond donors (Lipinski definition) is 1. The molecule has 0 aromatic heterocycles. The molecule has 1 N–H and O–H groups in total. The molecule has 0 saturated heterocycles. The second kappa shape index (κ2) is 7.25. The standard InChI is InChI=1S/C15H20ClNO2S/c16-15-8-6-13(7-9-15)10-11-20(18,19)17-12-14-4-2-1-3-5-14/h6-11,14,17H,1-5,12H2/b11-10+. The molecule has 110 valence electrons. The van der Waals surface area contributed by atoms with Crippen LogP contribution < -0.4 is 4.72 Å². The van der Waals surface area contributed by atoms with E-state index in [0.29, 0.717) is 17.5 Å². The van der Waals surface area contributed by atoms with Gasteiger partial charge in [0.15, 0.2) is 0 Å². The second-order valence-corrected chi connectivity index (χ2v) is 7.34. The molecule has 5 heteroatoms. The van der Waals surface area contributed by atoms with Gasteiger partial charge in [0.05, 0.1) is 0 Å². The average Bonchev–Trinajstić information content (AvgIpc) is 2.46. The van der Waals surface area contributed by atoms with Crippen LogP contribution in [0.2, 0.25) is 5.02 Å². The number of hydrogen-bond acceptors (Lipinski definition) is 2. The van der Waals surface area contributed by atoms with Crippen molar-refractivity contribution in [3.8, 4) is 0 Å². The van der Waals surface area contributed by atoms with Gasteiger partial charge in [0.1, 0.15) is 0 Å². The monoisotopic (exact) mass is 313 g/mol. The first-order valence-electron chi connectivity index (χ1n) is 6.98. The van der Waals surface area contributed by atoms with E-state index in [0.717, 1.165) is 18.4 Å². The summed E-state index contributed by atoms with van der Waals surface area (Å²) in [6, 6.07) is 7.05. The van der Waals surface area contributed by atoms with E-state index in [2.05, 4.69) is 4.72 Å². The summed E-state index contributed by atoms with van der Waals surface area (Å²) in [6.45, 7) is 0.549. The predicted molar refractivity (Wildman–Crippen MR) is 84.0 cm³/mol. The topological polar surface area (TPSA) is 46.2 Å². The summed E-state index contributed by atoms with van der Waals surface area (Å²) in [7, 11) is -3.35. The molecule has 0 amide bonds. The third-order valence-corrected chi connectivity index (χ3v) is 4.92. The summed E-state index contributed by atoms with van der Waals surface area (Å²) in [5.74, 6) is 0.488. The number of sulfonamides is 1. The van der Waals surface area contributed by atoms with E-state index in [4.69, 9.17) is 11.6 Å². The lowest BCUT2D eigenvalue weighted by Gasteiger charge is -2.21. The number of nitrogens with one attached hydrogen (secondary N) is 1. The first-order valence-corrected chi connectivity index (χ1v) is 8.91. The summed E-state index contributed by atoms with van der Waals surface area (Å²) in [5, 5.41) is 1.86. The molecule has 20 heavy (non-hydrogen) atoms. The highest BCUT2D eigenvalue weighted by molar-refractivity contribution is 7.92. The van der Waals surface area contributed by atoms with E-state index in [9.17, 15) is 8.42 Å². The molecule has 2 rings (SSSR count). The van der Waals surface area contributed by atoms with Gasteiger partial charge < -0.3 is 0 Å². The number of rotatable bonds is 5. The lowest BCUT2D eigenvalue weighted by molar-refractivity contribution is 0.357. The number of halogens is 1. The molecule has 1 aliphatic carbocycles. The highest BCUT2D eigenvalue weighted by Crippen LogP contribution is 2.23. The SMILES string of the molecule is O=S(=O)(/C=C/c1ccc(Cl)cc1)NCC1CCCCC1. The van der Waals surface area contributed by atoms with Gasteiger partial charge in [-0.3, -0.25) is 0 Å². The van der Waals surface area contributed by atoms with Crippen molar-refractivity contribution in [3.63, 3.8) is 0 Å². The molecular weight excluding hydrogens is 294 g/mol. The Bertz CT molecular complexity index is 546. The van der Waals surface area contributed by atoms with Gasteiger partial charge in [-0.25, -0.2) is 13.1 Å². The van der Waals surface area contributed by atoms with Crippen LogP contribution in [0.4, 0.5) is 0 Å². The predicted octanol–water partition coefficient (Wildman–Crippen LogP) is 3.81. The molecule has 1 fully saturated rings. The van der Waals surface area contributed by atoms with Gasteiger partial charge in [-0.15, -0.1) is 0 Å². The van der Waals surface area contributed by atoms with Gasteiger partial charge in [0.25, 0.3) is 0 Å². The summed E-state index contributed by atoms with van der Waals surface area (Å²) in [4.78, 5) is 0. The highest BCUT2D eigenvalue weighted by atomic mass is 35.5. The normalized spacial score (nSPS) is 17.6. The minimum atomic E-state index is -3.35. The van der Waals surface area contributed by atoms with Crippen LogP contribution in [0.1, 0.15) is 37.7 Å². The molecule has 0 spiro atoms. The largest absolute Gasteiger partial charge is 0.233 e. The van der Waals surface area contributed by atoms with Crippen LogP contribution in [-0.2, 0) is 10.0 Å². The summed E-state index contributed by atoms with van der Waals surface area (Å²) in [5.41, 5.74) is 0.817. The van der Waals surface area contributed by atoms with Crippen LogP contribution in [0, 0.1) is 5.92 Å². The maximum absolute atomic E-state index is 11.9. The minimum absolute atomic E-state index is 0.488. The summed E-state index contributed by atoms with van der Waals surface area (Å²) < 4.78 is 26.4. The van der Waals surface area contributed by atoms with Crippen molar-refractivity contribution in [2.45, 2.75) is 32.1 Å². The smallest absolute Gasteiger partial charge is 0.211 e. The average molecular weight is 314 g/mol. The lowest BCUT2D eigenvalue weighted by atomic mass is 9.90. The molecule has 1 aromatic rings. The Hall–Kier alpha value is -0.840. The van der Waals surface area contributed by atoms with Gasteiger partial charge in [-0.2, -0.15) is 0 Å². The van der Waals surface area contributed by atoms with E-state index in [-0.39, 0.29) is 0 Å². The highest BCUT2D eigenvalue weighted by Gasteiger charge is 2.15. The van der Waals surface area contributed by atoms with Gasteiger partial charge in [0.2, 0.25) is 10.0 Å². The fraction of sp³-hybridized carbons (Fsp3) is 0.467. The maximum Gasteiger partial charge on any atom is 0.233 e. The van der Waals surface area contributed by atoms with Crippen LogP contribution in [0.15, 0.2) is 29.7 Å². The van der Waals surface area contributed by atoms with E-state index in [1.165, 1.54) is 24.7 Å². The lowest BCUT2D eigenvalue weighted by Crippen LogP contribution is -2.28. The minimum Gasteiger partial charge on any atom is -0.211 e. The van der Waals surface area contributed by atoms with Crippen molar-refractivity contribution in [2.75, 3.05) is 6.54 Å². The molecule has 3 nitrogen and oxygen atoms in total. The van der Waals surface area contributed by atoms with Crippen molar-refractivity contribution in [2.24, 2.45) is 5.92 Å². The number of benzene rings is 1. The van der Waals surface area contributed by atoms with Crippen LogP contribution in [0.25, 0.3) is 6.08 Å². The van der Waals surface area contributed by atoms with E-state index < -0.39 is 10.0 Å². The van der Waals surface area contributed by atoms with E-state index >= 15 is 0 Å². The first kappa shape index (κ1) is 15.5. The Morgan fingerprint density at radius 1 is 1.15 bits per heavy atom. The Labute approximate surface area is 126 Å². The van der Waals surface area contributed by atoms with Crippen molar-refractivity contribution in [1.29, 1.82) is 0 Å². The van der Waals surface area contributed by atoms with Crippen LogP contribution in [-0.4, -0.2) is 15.0 Å². The Morgan fingerprint density at radius 2 is 1.80 bits per heavy atom. The third kappa shape index (κ3) is 5.27. The van der Waals surface area contributed by atoms with Gasteiger partial charge in [0, 0.05) is 17.0 Å². The zero-order valence-electron chi connectivity index (χ0n) is 11.4. The van der Waals surface area contributed by atoms with Crippen molar-refractivity contribution >= 4 is 27.7 Å². The Kier molecular flexibility index (Phi) is 5.64. The quantitative estimate of drug-likeness (QED) is 0.898. The molecule has 0 heterocycles. The van der Waals surface area contributed by atoms with E-state index in [1.807, 2.05) is 0 Å². The second-order valence-electron chi connectivity index (χ2n) is 5.25. The molecule has 0 atom stereocenters. The van der Waals surface area contributed by atoms with Crippen LogP contribution in [0.5, 0.6) is 0 Å². The first-order chi connectivity index (χ1) is 9.55. The van der Waals surface area contributed by atoms with Gasteiger partial charge in [-0.05, 0) is 42.5 Å². The molecule has 0 bridgehead atoms. The Morgan fingerprint density at radius 3 is 2.45 bits per heavy atom. The van der Waals surface area contributed by atoms with Crippen LogP contribution in [0.3, 0.4) is 0 Å². The third-order valence-electron chi connectivity index (χ3n) is 3.61. The molecule has 1 aliphatic rings. The fourth-order valence-electron chi connectivity index (χ4n) is 2.42. The molecule has 0 unspecified atom stereocenters. The summed E-state index contributed by atoms with van der Waals surface area (Å²) in [6.07, 6.45) is 7.55. The van der Waals surface area contributed by atoms with E-state index in [1.54, 1.807) is 30.3 Å². The molecular formula is C15H20ClNO2S. The van der Waals surface area contributed by atoms with Crippen molar-refractivity contribution in [1.82, 2.24) is 4.72 Å². The van der Waals surface area contributed by atoms with Crippen LogP contribution >= 0.6 is 11.6 Å². The molecule has 0 aliphatic heterocycles. The fourth-order valence-corrected chi connectivity index (χ4v) is 3.44. The Balaban J connectivity index is 1.88. The molecule has 1 aromatic carbocycles.